The number of aromatic nitrogens is 1. The van der Waals surface area contributed by atoms with Crippen molar-refractivity contribution in [3.8, 4) is 5.75 Å². The first-order chi connectivity index (χ1) is 9.63. The molecule has 2 rings (SSSR count). The fourth-order valence-electron chi connectivity index (χ4n) is 1.51. The van der Waals surface area contributed by atoms with Crippen molar-refractivity contribution >= 4 is 5.82 Å². The lowest BCUT2D eigenvalue weighted by Gasteiger charge is -2.13. The summed E-state index contributed by atoms with van der Waals surface area (Å²) in [4.78, 5) is 3.60. The molecule has 1 heterocycles. The van der Waals surface area contributed by atoms with E-state index in [4.69, 9.17) is 4.74 Å². The Kier molecular flexibility index (Phi) is 4.84. The highest BCUT2D eigenvalue weighted by Crippen LogP contribution is 2.11. The van der Waals surface area contributed by atoms with Gasteiger partial charge in [0.1, 0.15) is 30.1 Å². The van der Waals surface area contributed by atoms with Gasteiger partial charge >= 0.3 is 0 Å². The highest BCUT2D eigenvalue weighted by atomic mass is 19.1. The maximum atomic E-state index is 12.8. The van der Waals surface area contributed by atoms with Crippen LogP contribution in [0.15, 0.2) is 42.5 Å². The minimum atomic E-state index is -0.801. The van der Waals surface area contributed by atoms with Crippen LogP contribution in [0.2, 0.25) is 0 Å². The summed E-state index contributed by atoms with van der Waals surface area (Å²) in [6.07, 6.45) is -0.801. The van der Waals surface area contributed by atoms with Gasteiger partial charge < -0.3 is 15.2 Å². The van der Waals surface area contributed by atoms with E-state index in [1.165, 1.54) is 36.4 Å². The largest absolute Gasteiger partial charge is 0.491 e. The topological polar surface area (TPSA) is 54.4 Å². The summed E-state index contributed by atoms with van der Waals surface area (Å²) >= 11 is 0. The van der Waals surface area contributed by atoms with Gasteiger partial charge in [0.25, 0.3) is 0 Å². The second-order valence-corrected chi connectivity index (χ2v) is 4.15. The van der Waals surface area contributed by atoms with Crippen LogP contribution in [-0.2, 0) is 0 Å². The summed E-state index contributed by atoms with van der Waals surface area (Å²) in [5.74, 6) is -0.135. The van der Waals surface area contributed by atoms with Crippen molar-refractivity contribution in [2.45, 2.75) is 6.10 Å². The SMILES string of the molecule is OC(CNc1cccc(F)n1)COc1ccc(F)cc1. The van der Waals surface area contributed by atoms with Gasteiger partial charge in [0, 0.05) is 6.54 Å². The first kappa shape index (κ1) is 14.2. The summed E-state index contributed by atoms with van der Waals surface area (Å²) in [7, 11) is 0. The fraction of sp³-hybridized carbons (Fsp3) is 0.214. The van der Waals surface area contributed by atoms with E-state index in [1.807, 2.05) is 0 Å². The highest BCUT2D eigenvalue weighted by molar-refractivity contribution is 5.33. The standard InChI is InChI=1S/C14H14F2N2O2/c15-10-4-6-12(7-5-10)20-9-11(19)8-17-14-3-1-2-13(16)18-14/h1-7,11,19H,8-9H2,(H,17,18). The minimum absolute atomic E-state index is 0.0357. The Hall–Kier alpha value is -2.21. The quantitative estimate of drug-likeness (QED) is 0.797. The van der Waals surface area contributed by atoms with E-state index in [2.05, 4.69) is 10.3 Å². The molecule has 0 aliphatic carbocycles. The van der Waals surface area contributed by atoms with E-state index in [0.29, 0.717) is 11.6 Å². The van der Waals surface area contributed by atoms with Crippen LogP contribution in [0.4, 0.5) is 14.6 Å². The smallest absolute Gasteiger partial charge is 0.214 e. The van der Waals surface area contributed by atoms with E-state index in [0.717, 1.165) is 0 Å². The maximum absolute atomic E-state index is 12.8. The lowest BCUT2D eigenvalue weighted by Crippen LogP contribution is -2.26. The van der Waals surface area contributed by atoms with Gasteiger partial charge in [0.2, 0.25) is 5.95 Å². The normalized spacial score (nSPS) is 11.9. The average Bonchev–Trinajstić information content (AvgIpc) is 2.45. The number of halogens is 2. The summed E-state index contributed by atoms with van der Waals surface area (Å²) in [6.45, 7) is 0.200. The summed E-state index contributed by atoms with van der Waals surface area (Å²) in [6, 6.07) is 9.85. The highest BCUT2D eigenvalue weighted by Gasteiger charge is 2.06. The predicted octanol–water partition coefficient (Wildman–Crippen LogP) is 2.21. The molecule has 1 aromatic carbocycles. The Morgan fingerprint density at radius 2 is 1.90 bits per heavy atom. The van der Waals surface area contributed by atoms with E-state index in [-0.39, 0.29) is 19.0 Å². The van der Waals surface area contributed by atoms with Crippen molar-refractivity contribution < 1.29 is 18.6 Å². The van der Waals surface area contributed by atoms with E-state index < -0.39 is 12.1 Å². The lowest BCUT2D eigenvalue weighted by atomic mass is 10.3. The monoisotopic (exact) mass is 280 g/mol. The molecular formula is C14H14F2N2O2. The summed E-state index contributed by atoms with van der Waals surface area (Å²) in [5, 5.41) is 12.5. The molecule has 0 saturated carbocycles. The molecule has 4 nitrogen and oxygen atoms in total. The van der Waals surface area contributed by atoms with Crippen LogP contribution in [0, 0.1) is 11.8 Å². The molecule has 6 heteroatoms. The van der Waals surface area contributed by atoms with Gasteiger partial charge in [-0.15, -0.1) is 0 Å². The van der Waals surface area contributed by atoms with Crippen molar-refractivity contribution in [1.82, 2.24) is 4.98 Å². The van der Waals surface area contributed by atoms with Crippen LogP contribution in [0.25, 0.3) is 0 Å². The molecule has 2 aromatic rings. The Morgan fingerprint density at radius 1 is 1.15 bits per heavy atom. The number of benzene rings is 1. The second kappa shape index (κ2) is 6.81. The number of anilines is 1. The van der Waals surface area contributed by atoms with Gasteiger partial charge in [-0.3, -0.25) is 0 Å². The van der Waals surface area contributed by atoms with Crippen molar-refractivity contribution in [2.24, 2.45) is 0 Å². The molecule has 0 saturated heterocycles. The summed E-state index contributed by atoms with van der Waals surface area (Å²) in [5.41, 5.74) is 0. The molecule has 0 fully saturated rings. The van der Waals surface area contributed by atoms with E-state index in [9.17, 15) is 13.9 Å². The number of nitrogens with one attached hydrogen (secondary N) is 1. The number of hydrogen-bond donors (Lipinski definition) is 2. The van der Waals surface area contributed by atoms with Crippen LogP contribution in [0.3, 0.4) is 0 Å². The number of ether oxygens (including phenoxy) is 1. The van der Waals surface area contributed by atoms with Gasteiger partial charge in [-0.1, -0.05) is 6.07 Å². The second-order valence-electron chi connectivity index (χ2n) is 4.15. The molecule has 0 radical (unpaired) electrons. The van der Waals surface area contributed by atoms with Crippen molar-refractivity contribution in [2.75, 3.05) is 18.5 Å². The zero-order chi connectivity index (χ0) is 14.4. The Bertz CT molecular complexity index is 549. The first-order valence-corrected chi connectivity index (χ1v) is 6.06. The molecular weight excluding hydrogens is 266 g/mol. The molecule has 1 atom stereocenters. The van der Waals surface area contributed by atoms with Gasteiger partial charge in [0.15, 0.2) is 0 Å². The average molecular weight is 280 g/mol. The van der Waals surface area contributed by atoms with E-state index >= 15 is 0 Å². The Morgan fingerprint density at radius 3 is 2.60 bits per heavy atom. The molecule has 1 aromatic heterocycles. The Labute approximate surface area is 115 Å². The van der Waals surface area contributed by atoms with Crippen molar-refractivity contribution in [3.05, 3.63) is 54.2 Å². The van der Waals surface area contributed by atoms with Gasteiger partial charge in [-0.05, 0) is 36.4 Å². The molecule has 0 aliphatic rings. The number of nitrogens with zero attached hydrogens (tertiary/aromatic N) is 1. The van der Waals surface area contributed by atoms with Gasteiger partial charge in [0.05, 0.1) is 0 Å². The van der Waals surface area contributed by atoms with E-state index in [1.54, 1.807) is 6.07 Å². The van der Waals surface area contributed by atoms with Gasteiger partial charge in [-0.25, -0.2) is 9.37 Å². The van der Waals surface area contributed by atoms with Crippen LogP contribution in [-0.4, -0.2) is 29.3 Å². The molecule has 0 bridgehead atoms. The third-order valence-electron chi connectivity index (χ3n) is 2.49. The van der Waals surface area contributed by atoms with Crippen LogP contribution in [0.1, 0.15) is 0 Å². The predicted molar refractivity (Wildman–Crippen MR) is 70.6 cm³/mol. The van der Waals surface area contributed by atoms with Crippen LogP contribution < -0.4 is 10.1 Å². The van der Waals surface area contributed by atoms with Crippen LogP contribution in [0.5, 0.6) is 5.75 Å². The molecule has 0 spiro atoms. The molecule has 1 unspecified atom stereocenters. The third kappa shape index (κ3) is 4.47. The Balaban J connectivity index is 1.75. The number of aliphatic hydroxyl groups excluding tert-OH is 1. The van der Waals surface area contributed by atoms with Crippen molar-refractivity contribution in [1.29, 1.82) is 0 Å². The fourth-order valence-corrected chi connectivity index (χ4v) is 1.51. The zero-order valence-corrected chi connectivity index (χ0v) is 10.6. The summed E-state index contributed by atoms with van der Waals surface area (Å²) < 4.78 is 30.8. The maximum Gasteiger partial charge on any atom is 0.214 e. The number of aliphatic hydroxyl groups is 1. The first-order valence-electron chi connectivity index (χ1n) is 6.06. The minimum Gasteiger partial charge on any atom is -0.491 e. The molecule has 20 heavy (non-hydrogen) atoms. The number of rotatable bonds is 6. The number of hydrogen-bond acceptors (Lipinski definition) is 4. The third-order valence-corrected chi connectivity index (χ3v) is 2.49. The zero-order valence-electron chi connectivity index (χ0n) is 10.6. The number of pyridine rings is 1. The molecule has 106 valence electrons. The lowest BCUT2D eigenvalue weighted by molar-refractivity contribution is 0.117. The molecule has 2 N–H and O–H groups in total. The van der Waals surface area contributed by atoms with Crippen LogP contribution >= 0.6 is 0 Å². The molecule has 0 aliphatic heterocycles. The molecule has 0 amide bonds. The van der Waals surface area contributed by atoms with Crippen molar-refractivity contribution in [3.63, 3.8) is 0 Å². The van der Waals surface area contributed by atoms with Gasteiger partial charge in [-0.2, -0.15) is 4.39 Å².